The van der Waals surface area contributed by atoms with Crippen LogP contribution in [0.3, 0.4) is 0 Å². The van der Waals surface area contributed by atoms with Gasteiger partial charge in [-0.05, 0) is 36.8 Å². The highest BCUT2D eigenvalue weighted by Gasteiger charge is 2.23. The Hall–Kier alpha value is -3.06. The molecule has 0 bridgehead atoms. The van der Waals surface area contributed by atoms with Gasteiger partial charge in [-0.3, -0.25) is 14.9 Å². The van der Waals surface area contributed by atoms with Crippen molar-refractivity contribution in [3.05, 3.63) is 60.0 Å². The number of rotatable bonds is 4. The van der Waals surface area contributed by atoms with E-state index in [0.29, 0.717) is 11.7 Å². The van der Waals surface area contributed by atoms with Gasteiger partial charge in [-0.15, -0.1) is 0 Å². The fourth-order valence-electron chi connectivity index (χ4n) is 3.61. The lowest BCUT2D eigenvalue weighted by atomic mass is 10.0. The molecule has 7 heteroatoms. The second-order valence-electron chi connectivity index (χ2n) is 6.88. The van der Waals surface area contributed by atoms with Crippen molar-refractivity contribution in [1.82, 2.24) is 19.9 Å². The topological polar surface area (TPSA) is 71.5 Å². The number of fused-ring (bicyclic) bond motifs is 1. The summed E-state index contributed by atoms with van der Waals surface area (Å²) >= 11 is 0. The van der Waals surface area contributed by atoms with E-state index in [-0.39, 0.29) is 0 Å². The Morgan fingerprint density at radius 1 is 1.04 bits per heavy atom. The predicted octanol–water partition coefficient (Wildman–Crippen LogP) is 2.69. The molecule has 28 heavy (non-hydrogen) atoms. The lowest BCUT2D eigenvalue weighted by Gasteiger charge is -2.38. The van der Waals surface area contributed by atoms with Gasteiger partial charge in [0.15, 0.2) is 5.69 Å². The summed E-state index contributed by atoms with van der Waals surface area (Å²) in [6, 6.07) is 12.1. The molecule has 0 aliphatic carbocycles. The summed E-state index contributed by atoms with van der Waals surface area (Å²) in [5, 5.41) is 0. The summed E-state index contributed by atoms with van der Waals surface area (Å²) in [7, 11) is 1.37. The Bertz CT molecular complexity index is 985. The Balaban J connectivity index is 1.44. The SMILES string of the molecule is COC(=O)c1cccc(N2CCN(C(C)c3ccc4nccnc4c3)CC2)n1. The molecule has 1 aliphatic rings. The lowest BCUT2D eigenvalue weighted by Crippen LogP contribution is -2.47. The fourth-order valence-corrected chi connectivity index (χ4v) is 3.61. The number of hydrogen-bond donors (Lipinski definition) is 0. The number of methoxy groups -OCH3 is 1. The molecule has 0 saturated carbocycles. The number of ether oxygens (including phenoxy) is 1. The minimum absolute atomic E-state index is 0.294. The molecule has 0 radical (unpaired) electrons. The van der Waals surface area contributed by atoms with Crippen LogP contribution in [0.5, 0.6) is 0 Å². The molecule has 1 unspecified atom stereocenters. The molecule has 1 atom stereocenters. The van der Waals surface area contributed by atoms with Gasteiger partial charge in [0.25, 0.3) is 0 Å². The molecule has 0 amide bonds. The lowest BCUT2D eigenvalue weighted by molar-refractivity contribution is 0.0594. The maximum Gasteiger partial charge on any atom is 0.356 e. The number of nitrogens with zero attached hydrogens (tertiary/aromatic N) is 5. The number of carbonyl (C=O) groups is 1. The maximum absolute atomic E-state index is 11.7. The molecule has 7 nitrogen and oxygen atoms in total. The average molecular weight is 377 g/mol. The molecule has 4 rings (SSSR count). The number of aromatic nitrogens is 3. The third-order valence-corrected chi connectivity index (χ3v) is 5.29. The van der Waals surface area contributed by atoms with E-state index in [2.05, 4.69) is 43.8 Å². The van der Waals surface area contributed by atoms with Crippen molar-refractivity contribution in [2.45, 2.75) is 13.0 Å². The van der Waals surface area contributed by atoms with Crippen molar-refractivity contribution >= 4 is 22.8 Å². The van der Waals surface area contributed by atoms with Crippen LogP contribution < -0.4 is 4.90 Å². The van der Waals surface area contributed by atoms with E-state index < -0.39 is 5.97 Å². The van der Waals surface area contributed by atoms with Gasteiger partial charge in [0.1, 0.15) is 5.82 Å². The standard InChI is InChI=1S/C21H23N5O2/c1-15(16-6-7-17-19(14-16)23-9-8-22-17)25-10-12-26(13-11-25)20-5-3-4-18(24-20)21(27)28-2/h3-9,14-15H,10-13H2,1-2H3. The highest BCUT2D eigenvalue weighted by atomic mass is 16.5. The Morgan fingerprint density at radius 2 is 1.79 bits per heavy atom. The van der Waals surface area contributed by atoms with E-state index >= 15 is 0 Å². The van der Waals surface area contributed by atoms with E-state index in [1.807, 2.05) is 18.2 Å². The van der Waals surface area contributed by atoms with Crippen molar-refractivity contribution in [2.24, 2.45) is 0 Å². The zero-order chi connectivity index (χ0) is 19.5. The quantitative estimate of drug-likeness (QED) is 0.647. The van der Waals surface area contributed by atoms with Gasteiger partial charge in [-0.2, -0.15) is 0 Å². The zero-order valence-electron chi connectivity index (χ0n) is 16.1. The molecule has 1 aliphatic heterocycles. The van der Waals surface area contributed by atoms with Crippen LogP contribution in [0.2, 0.25) is 0 Å². The summed E-state index contributed by atoms with van der Waals surface area (Å²) in [5.41, 5.74) is 3.43. The summed E-state index contributed by atoms with van der Waals surface area (Å²) in [5.74, 6) is 0.407. The fraction of sp³-hybridized carbons (Fsp3) is 0.333. The molecule has 144 valence electrons. The molecule has 3 aromatic rings. The number of benzene rings is 1. The Labute approximate surface area is 164 Å². The van der Waals surface area contributed by atoms with Crippen LogP contribution in [-0.2, 0) is 4.74 Å². The normalized spacial score (nSPS) is 16.1. The van der Waals surface area contributed by atoms with Crippen molar-refractivity contribution in [2.75, 3.05) is 38.2 Å². The van der Waals surface area contributed by atoms with Crippen molar-refractivity contribution < 1.29 is 9.53 Å². The van der Waals surface area contributed by atoms with Crippen LogP contribution in [0.25, 0.3) is 11.0 Å². The molecular weight excluding hydrogens is 354 g/mol. The third kappa shape index (κ3) is 3.66. The number of hydrogen-bond acceptors (Lipinski definition) is 7. The van der Waals surface area contributed by atoms with Gasteiger partial charge in [-0.1, -0.05) is 12.1 Å². The zero-order valence-corrected chi connectivity index (χ0v) is 16.1. The van der Waals surface area contributed by atoms with E-state index in [0.717, 1.165) is 43.0 Å². The second kappa shape index (κ2) is 7.90. The largest absolute Gasteiger partial charge is 0.464 e. The van der Waals surface area contributed by atoms with Gasteiger partial charge in [0, 0.05) is 44.6 Å². The first kappa shape index (κ1) is 18.3. The maximum atomic E-state index is 11.7. The first-order chi connectivity index (χ1) is 13.7. The van der Waals surface area contributed by atoms with Crippen LogP contribution in [0.4, 0.5) is 5.82 Å². The summed E-state index contributed by atoms with van der Waals surface area (Å²) in [6.45, 7) is 5.78. The van der Waals surface area contributed by atoms with E-state index in [1.54, 1.807) is 18.5 Å². The van der Waals surface area contributed by atoms with Gasteiger partial charge in [-0.25, -0.2) is 9.78 Å². The van der Waals surface area contributed by atoms with E-state index in [1.165, 1.54) is 12.7 Å². The third-order valence-electron chi connectivity index (χ3n) is 5.29. The number of anilines is 1. The summed E-state index contributed by atoms with van der Waals surface area (Å²) in [6.07, 6.45) is 3.44. The van der Waals surface area contributed by atoms with Gasteiger partial charge >= 0.3 is 5.97 Å². The van der Waals surface area contributed by atoms with Crippen LogP contribution >= 0.6 is 0 Å². The molecule has 2 aromatic heterocycles. The van der Waals surface area contributed by atoms with E-state index in [9.17, 15) is 4.79 Å². The van der Waals surface area contributed by atoms with Crippen molar-refractivity contribution in [3.8, 4) is 0 Å². The van der Waals surface area contributed by atoms with Crippen LogP contribution in [0.15, 0.2) is 48.8 Å². The molecule has 0 N–H and O–H groups in total. The van der Waals surface area contributed by atoms with Gasteiger partial charge in [0.2, 0.25) is 0 Å². The number of piperazine rings is 1. The number of pyridine rings is 1. The number of esters is 1. The second-order valence-corrected chi connectivity index (χ2v) is 6.88. The Morgan fingerprint density at radius 3 is 2.54 bits per heavy atom. The predicted molar refractivity (Wildman–Crippen MR) is 107 cm³/mol. The molecular formula is C21H23N5O2. The molecule has 1 aromatic carbocycles. The van der Waals surface area contributed by atoms with Crippen molar-refractivity contribution in [3.63, 3.8) is 0 Å². The molecule has 1 saturated heterocycles. The summed E-state index contributed by atoms with van der Waals surface area (Å²) in [4.78, 5) is 29.6. The van der Waals surface area contributed by atoms with Crippen LogP contribution in [0, 0.1) is 0 Å². The first-order valence-electron chi connectivity index (χ1n) is 9.41. The minimum atomic E-state index is -0.409. The molecule has 3 heterocycles. The van der Waals surface area contributed by atoms with Gasteiger partial charge in [0.05, 0.1) is 18.1 Å². The average Bonchev–Trinajstić information content (AvgIpc) is 2.78. The molecule has 1 fully saturated rings. The van der Waals surface area contributed by atoms with E-state index in [4.69, 9.17) is 4.74 Å². The Kier molecular flexibility index (Phi) is 5.16. The number of carbonyl (C=O) groups excluding carboxylic acids is 1. The smallest absolute Gasteiger partial charge is 0.356 e. The first-order valence-corrected chi connectivity index (χ1v) is 9.41. The monoisotopic (exact) mass is 377 g/mol. The highest BCUT2D eigenvalue weighted by molar-refractivity contribution is 5.87. The van der Waals surface area contributed by atoms with Gasteiger partial charge < -0.3 is 9.64 Å². The van der Waals surface area contributed by atoms with Crippen LogP contribution in [-0.4, -0.2) is 59.1 Å². The minimum Gasteiger partial charge on any atom is -0.464 e. The molecule has 0 spiro atoms. The van der Waals surface area contributed by atoms with Crippen molar-refractivity contribution in [1.29, 1.82) is 0 Å². The summed E-state index contributed by atoms with van der Waals surface area (Å²) < 4.78 is 4.77. The highest BCUT2D eigenvalue weighted by Crippen LogP contribution is 2.25. The van der Waals surface area contributed by atoms with Crippen LogP contribution in [0.1, 0.15) is 29.0 Å².